The normalized spacial score (nSPS) is 21.8. The second-order valence-electron chi connectivity index (χ2n) is 8.10. The van der Waals surface area contributed by atoms with Crippen LogP contribution in [0.4, 0.5) is 5.69 Å². The van der Waals surface area contributed by atoms with E-state index in [1.54, 1.807) is 18.2 Å². The lowest BCUT2D eigenvalue weighted by atomic mass is 10.0. The van der Waals surface area contributed by atoms with Crippen molar-refractivity contribution in [3.05, 3.63) is 65.4 Å². The fourth-order valence-electron chi connectivity index (χ4n) is 4.29. The highest BCUT2D eigenvalue weighted by Gasteiger charge is 2.44. The second kappa shape index (κ2) is 8.55. The summed E-state index contributed by atoms with van der Waals surface area (Å²) in [5.74, 6) is -0.142. The van der Waals surface area contributed by atoms with Gasteiger partial charge in [0.25, 0.3) is 11.8 Å². The molecular formula is C25H28N2O4. The van der Waals surface area contributed by atoms with Crippen LogP contribution in [0.1, 0.15) is 31.9 Å². The van der Waals surface area contributed by atoms with Crippen molar-refractivity contribution in [1.29, 1.82) is 0 Å². The molecule has 2 heterocycles. The van der Waals surface area contributed by atoms with Gasteiger partial charge in [-0.1, -0.05) is 42.0 Å². The maximum atomic E-state index is 13.7. The summed E-state index contributed by atoms with van der Waals surface area (Å²) < 4.78 is 11.6. The van der Waals surface area contributed by atoms with Crippen LogP contribution in [-0.2, 0) is 14.3 Å². The summed E-state index contributed by atoms with van der Waals surface area (Å²) in [6.07, 6.45) is -0.0774. The van der Waals surface area contributed by atoms with E-state index >= 15 is 0 Å². The molecule has 0 bridgehead atoms. The van der Waals surface area contributed by atoms with Crippen LogP contribution in [0, 0.1) is 6.92 Å². The lowest BCUT2D eigenvalue weighted by molar-refractivity contribution is -0.121. The van der Waals surface area contributed by atoms with Crippen molar-refractivity contribution in [3.8, 4) is 5.75 Å². The van der Waals surface area contributed by atoms with E-state index in [-0.39, 0.29) is 24.0 Å². The van der Waals surface area contributed by atoms with E-state index in [0.29, 0.717) is 42.4 Å². The van der Waals surface area contributed by atoms with Crippen molar-refractivity contribution in [3.63, 3.8) is 0 Å². The van der Waals surface area contributed by atoms with Gasteiger partial charge in [-0.25, -0.2) is 4.90 Å². The molecule has 2 aromatic rings. The molecule has 2 aromatic carbocycles. The Morgan fingerprint density at radius 3 is 2.26 bits per heavy atom. The van der Waals surface area contributed by atoms with E-state index in [0.717, 1.165) is 11.1 Å². The van der Waals surface area contributed by atoms with Gasteiger partial charge in [-0.15, -0.1) is 0 Å². The van der Waals surface area contributed by atoms with Crippen molar-refractivity contribution in [2.24, 2.45) is 0 Å². The van der Waals surface area contributed by atoms with Gasteiger partial charge in [-0.3, -0.25) is 9.59 Å². The van der Waals surface area contributed by atoms with Gasteiger partial charge in [0.05, 0.1) is 30.1 Å². The standard InChI is InChI=1S/C25H28N2O4/c1-5-30-21-9-7-6-8-20(21)27-24(28)22(19-12-10-16(2)11-13-19)23(25(27)29)26-14-17(3)31-18(4)15-26/h6-13,17-18H,5,14-15H2,1-4H3. The molecule has 2 amide bonds. The lowest BCUT2D eigenvalue weighted by Crippen LogP contribution is -2.47. The number of carbonyl (C=O) groups is 2. The van der Waals surface area contributed by atoms with Gasteiger partial charge in [0.1, 0.15) is 11.4 Å². The fourth-order valence-corrected chi connectivity index (χ4v) is 4.29. The topological polar surface area (TPSA) is 59.1 Å². The molecule has 0 N–H and O–H groups in total. The van der Waals surface area contributed by atoms with Gasteiger partial charge < -0.3 is 14.4 Å². The maximum Gasteiger partial charge on any atom is 0.282 e. The molecule has 162 valence electrons. The average Bonchev–Trinajstić information content (AvgIpc) is 2.99. The smallest absolute Gasteiger partial charge is 0.282 e. The van der Waals surface area contributed by atoms with Crippen LogP contribution in [0.15, 0.2) is 54.2 Å². The van der Waals surface area contributed by atoms with Crippen molar-refractivity contribution in [1.82, 2.24) is 4.90 Å². The summed E-state index contributed by atoms with van der Waals surface area (Å²) in [5.41, 5.74) is 3.16. The van der Waals surface area contributed by atoms with Gasteiger partial charge in [-0.2, -0.15) is 0 Å². The van der Waals surface area contributed by atoms with Crippen molar-refractivity contribution in [2.45, 2.75) is 39.9 Å². The highest BCUT2D eigenvalue weighted by Crippen LogP contribution is 2.39. The number of ether oxygens (including phenoxy) is 2. The Labute approximate surface area is 183 Å². The highest BCUT2D eigenvalue weighted by atomic mass is 16.5. The Hall–Kier alpha value is -3.12. The number of anilines is 1. The summed E-state index contributed by atoms with van der Waals surface area (Å²) in [5, 5.41) is 0. The highest BCUT2D eigenvalue weighted by molar-refractivity contribution is 6.45. The fraction of sp³-hybridized carbons (Fsp3) is 0.360. The number of hydrogen-bond donors (Lipinski definition) is 0. The zero-order valence-electron chi connectivity index (χ0n) is 18.4. The third kappa shape index (κ3) is 3.95. The lowest BCUT2D eigenvalue weighted by Gasteiger charge is -2.37. The summed E-state index contributed by atoms with van der Waals surface area (Å²) in [7, 11) is 0. The first-order valence-electron chi connectivity index (χ1n) is 10.7. The Bertz CT molecular complexity index is 1020. The van der Waals surface area contributed by atoms with Crippen LogP contribution < -0.4 is 9.64 Å². The van der Waals surface area contributed by atoms with Gasteiger partial charge in [-0.05, 0) is 45.4 Å². The predicted molar refractivity (Wildman–Crippen MR) is 120 cm³/mol. The number of amides is 2. The van der Waals surface area contributed by atoms with Gasteiger partial charge in [0.2, 0.25) is 0 Å². The monoisotopic (exact) mass is 420 g/mol. The molecule has 2 aliphatic heterocycles. The molecule has 2 unspecified atom stereocenters. The number of hydrogen-bond acceptors (Lipinski definition) is 5. The number of rotatable bonds is 5. The summed E-state index contributed by atoms with van der Waals surface area (Å²) in [6.45, 7) is 9.39. The molecule has 1 saturated heterocycles. The Balaban J connectivity index is 1.84. The van der Waals surface area contributed by atoms with Gasteiger partial charge in [0, 0.05) is 13.1 Å². The first kappa shape index (κ1) is 21.1. The van der Waals surface area contributed by atoms with Crippen molar-refractivity contribution < 1.29 is 19.1 Å². The van der Waals surface area contributed by atoms with E-state index in [1.807, 2.05) is 62.9 Å². The van der Waals surface area contributed by atoms with Crippen LogP contribution in [0.5, 0.6) is 5.75 Å². The minimum atomic E-state index is -0.331. The quantitative estimate of drug-likeness (QED) is 0.689. The Morgan fingerprint density at radius 2 is 1.61 bits per heavy atom. The van der Waals surface area contributed by atoms with Gasteiger partial charge >= 0.3 is 0 Å². The van der Waals surface area contributed by atoms with E-state index in [9.17, 15) is 9.59 Å². The number of imide groups is 1. The van der Waals surface area contributed by atoms with Gasteiger partial charge in [0.15, 0.2) is 0 Å². The van der Waals surface area contributed by atoms with E-state index in [4.69, 9.17) is 9.47 Å². The number of aryl methyl sites for hydroxylation is 1. The summed E-state index contributed by atoms with van der Waals surface area (Å²) >= 11 is 0. The third-order valence-corrected chi connectivity index (χ3v) is 5.54. The SMILES string of the molecule is CCOc1ccccc1N1C(=O)C(c2ccc(C)cc2)=C(N2CC(C)OC(C)C2)C1=O. The van der Waals surface area contributed by atoms with Crippen molar-refractivity contribution >= 4 is 23.1 Å². The zero-order chi connectivity index (χ0) is 22.1. The zero-order valence-corrected chi connectivity index (χ0v) is 18.4. The summed E-state index contributed by atoms with van der Waals surface area (Å²) in [6, 6.07) is 14.9. The Morgan fingerprint density at radius 1 is 0.968 bits per heavy atom. The number of benzene rings is 2. The van der Waals surface area contributed by atoms with E-state index in [1.165, 1.54) is 4.90 Å². The molecule has 0 saturated carbocycles. The second-order valence-corrected chi connectivity index (χ2v) is 8.10. The van der Waals surface area contributed by atoms with E-state index in [2.05, 4.69) is 0 Å². The van der Waals surface area contributed by atoms with E-state index < -0.39 is 0 Å². The summed E-state index contributed by atoms with van der Waals surface area (Å²) in [4.78, 5) is 30.7. The molecule has 6 heteroatoms. The molecule has 0 aliphatic carbocycles. The third-order valence-electron chi connectivity index (χ3n) is 5.54. The molecule has 0 aromatic heterocycles. The molecular weight excluding hydrogens is 392 g/mol. The largest absolute Gasteiger partial charge is 0.492 e. The number of nitrogens with zero attached hydrogens (tertiary/aromatic N) is 2. The van der Waals surface area contributed by atoms with Crippen LogP contribution in [0.3, 0.4) is 0 Å². The van der Waals surface area contributed by atoms with Crippen molar-refractivity contribution in [2.75, 3.05) is 24.6 Å². The molecule has 1 fully saturated rings. The minimum Gasteiger partial charge on any atom is -0.492 e. The van der Waals surface area contributed by atoms with Crippen LogP contribution in [0.2, 0.25) is 0 Å². The van der Waals surface area contributed by atoms with Crippen LogP contribution >= 0.6 is 0 Å². The first-order valence-corrected chi connectivity index (χ1v) is 10.7. The molecule has 31 heavy (non-hydrogen) atoms. The minimum absolute atomic E-state index is 0.0387. The molecule has 0 spiro atoms. The number of para-hydroxylation sites is 2. The predicted octanol–water partition coefficient (Wildman–Crippen LogP) is 3.79. The molecule has 0 radical (unpaired) electrons. The molecule has 2 atom stereocenters. The average molecular weight is 421 g/mol. The molecule has 4 rings (SSSR count). The molecule has 6 nitrogen and oxygen atoms in total. The van der Waals surface area contributed by atoms with Crippen LogP contribution in [0.25, 0.3) is 5.57 Å². The Kier molecular flexibility index (Phi) is 5.83. The van der Waals surface area contributed by atoms with Crippen LogP contribution in [-0.4, -0.2) is 48.6 Å². The maximum absolute atomic E-state index is 13.7. The number of carbonyl (C=O) groups excluding carboxylic acids is 2. The molecule has 2 aliphatic rings. The number of morpholine rings is 1. The first-order chi connectivity index (χ1) is 14.9.